The Balaban J connectivity index is 2.00. The molecule has 1 heterocycles. The summed E-state index contributed by atoms with van der Waals surface area (Å²) in [6.45, 7) is 3.51. The van der Waals surface area contributed by atoms with Crippen molar-refractivity contribution in [2.45, 2.75) is 13.0 Å². The summed E-state index contributed by atoms with van der Waals surface area (Å²) in [5.41, 5.74) is 8.64. The molecule has 0 atom stereocenters. The zero-order valence-electron chi connectivity index (χ0n) is 11.0. The SMILES string of the molecule is COCC1=CCN(Cc2cc(Cl)c(N)c(Cl)c2)CC1. The fourth-order valence-corrected chi connectivity index (χ4v) is 2.73. The monoisotopic (exact) mass is 300 g/mol. The number of hydrogen-bond donors (Lipinski definition) is 1. The molecule has 1 aliphatic heterocycles. The third-order valence-electron chi connectivity index (χ3n) is 3.26. The van der Waals surface area contributed by atoms with E-state index in [0.29, 0.717) is 15.7 Å². The number of nitrogens with two attached hydrogens (primary N) is 1. The third-order valence-corrected chi connectivity index (χ3v) is 3.89. The van der Waals surface area contributed by atoms with Crippen molar-refractivity contribution in [2.24, 2.45) is 0 Å². The van der Waals surface area contributed by atoms with E-state index in [1.807, 2.05) is 12.1 Å². The number of anilines is 1. The molecule has 0 aliphatic carbocycles. The number of ether oxygens (including phenoxy) is 1. The summed E-state index contributed by atoms with van der Waals surface area (Å²) in [6.07, 6.45) is 3.28. The number of benzene rings is 1. The first-order valence-corrected chi connectivity index (χ1v) is 6.98. The first-order valence-electron chi connectivity index (χ1n) is 6.22. The van der Waals surface area contributed by atoms with Crippen LogP contribution in [0.5, 0.6) is 0 Å². The van der Waals surface area contributed by atoms with E-state index in [9.17, 15) is 0 Å². The van der Waals surface area contributed by atoms with Crippen LogP contribution in [0.15, 0.2) is 23.8 Å². The topological polar surface area (TPSA) is 38.5 Å². The minimum absolute atomic E-state index is 0.452. The van der Waals surface area contributed by atoms with Crippen LogP contribution in [-0.2, 0) is 11.3 Å². The number of nitrogens with zero attached hydrogens (tertiary/aromatic N) is 1. The van der Waals surface area contributed by atoms with Crippen LogP contribution >= 0.6 is 23.2 Å². The van der Waals surface area contributed by atoms with Crippen molar-refractivity contribution in [3.63, 3.8) is 0 Å². The van der Waals surface area contributed by atoms with E-state index in [0.717, 1.165) is 38.2 Å². The van der Waals surface area contributed by atoms with E-state index in [2.05, 4.69) is 11.0 Å². The Morgan fingerprint density at radius 1 is 1.32 bits per heavy atom. The lowest BCUT2D eigenvalue weighted by molar-refractivity contribution is 0.210. The number of nitrogen functional groups attached to an aromatic ring is 1. The molecular formula is C14H18Cl2N2O. The van der Waals surface area contributed by atoms with E-state index in [4.69, 9.17) is 33.7 Å². The quantitative estimate of drug-likeness (QED) is 0.684. The maximum atomic E-state index is 6.04. The average molecular weight is 301 g/mol. The molecule has 0 radical (unpaired) electrons. The molecule has 1 aromatic rings. The van der Waals surface area contributed by atoms with E-state index in [1.54, 1.807) is 7.11 Å². The van der Waals surface area contributed by atoms with E-state index in [1.165, 1.54) is 5.57 Å². The molecule has 0 aromatic heterocycles. The Morgan fingerprint density at radius 2 is 2.00 bits per heavy atom. The summed E-state index contributed by atoms with van der Waals surface area (Å²) in [5.74, 6) is 0. The van der Waals surface area contributed by atoms with Gasteiger partial charge in [-0.1, -0.05) is 29.3 Å². The molecule has 0 fully saturated rings. The molecule has 0 spiro atoms. The maximum Gasteiger partial charge on any atom is 0.0693 e. The molecule has 1 aromatic carbocycles. The first-order chi connectivity index (χ1) is 9.10. The van der Waals surface area contributed by atoms with Crippen LogP contribution in [0.3, 0.4) is 0 Å². The van der Waals surface area contributed by atoms with Crippen molar-refractivity contribution in [2.75, 3.05) is 32.5 Å². The number of rotatable bonds is 4. The van der Waals surface area contributed by atoms with E-state index < -0.39 is 0 Å². The standard InChI is InChI=1S/C14H18Cl2N2O/c1-19-9-10-2-4-18(5-3-10)8-11-6-12(15)14(17)13(16)7-11/h2,6-7H,3-5,8-9,17H2,1H3. The van der Waals surface area contributed by atoms with Gasteiger partial charge in [-0.25, -0.2) is 0 Å². The summed E-state index contributed by atoms with van der Waals surface area (Å²) in [6, 6.07) is 3.77. The van der Waals surface area contributed by atoms with Gasteiger partial charge in [-0.3, -0.25) is 4.90 Å². The summed E-state index contributed by atoms with van der Waals surface area (Å²) in [4.78, 5) is 2.34. The van der Waals surface area contributed by atoms with Gasteiger partial charge >= 0.3 is 0 Å². The fourth-order valence-electron chi connectivity index (χ4n) is 2.20. The highest BCUT2D eigenvalue weighted by atomic mass is 35.5. The number of hydrogen-bond acceptors (Lipinski definition) is 3. The largest absolute Gasteiger partial charge is 0.396 e. The molecule has 1 aliphatic rings. The molecule has 0 saturated heterocycles. The third kappa shape index (κ3) is 3.86. The minimum Gasteiger partial charge on any atom is -0.396 e. The lowest BCUT2D eigenvalue weighted by Gasteiger charge is -2.26. The van der Waals surface area contributed by atoms with Crippen molar-refractivity contribution in [1.29, 1.82) is 0 Å². The molecule has 0 bridgehead atoms. The highest BCUT2D eigenvalue weighted by Crippen LogP contribution is 2.29. The van der Waals surface area contributed by atoms with Crippen LogP contribution in [0.2, 0.25) is 10.0 Å². The van der Waals surface area contributed by atoms with E-state index in [-0.39, 0.29) is 0 Å². The smallest absolute Gasteiger partial charge is 0.0693 e. The van der Waals surface area contributed by atoms with Crippen molar-refractivity contribution in [3.05, 3.63) is 39.4 Å². The Bertz CT molecular complexity index is 465. The molecule has 19 heavy (non-hydrogen) atoms. The van der Waals surface area contributed by atoms with Crippen molar-refractivity contribution >= 4 is 28.9 Å². The highest BCUT2D eigenvalue weighted by Gasteiger charge is 2.13. The molecule has 0 unspecified atom stereocenters. The average Bonchev–Trinajstić information content (AvgIpc) is 2.38. The molecule has 5 heteroatoms. The molecule has 104 valence electrons. The van der Waals surface area contributed by atoms with Crippen LogP contribution in [0, 0.1) is 0 Å². The van der Waals surface area contributed by atoms with Crippen LogP contribution in [0.25, 0.3) is 0 Å². The van der Waals surface area contributed by atoms with Gasteiger partial charge in [0.25, 0.3) is 0 Å². The lowest BCUT2D eigenvalue weighted by atomic mass is 10.1. The van der Waals surface area contributed by atoms with Gasteiger partial charge in [-0.2, -0.15) is 0 Å². The van der Waals surface area contributed by atoms with Crippen molar-refractivity contribution < 1.29 is 4.74 Å². The summed E-state index contributed by atoms with van der Waals surface area (Å²) in [7, 11) is 1.73. The predicted octanol–water partition coefficient (Wildman–Crippen LogP) is 3.35. The van der Waals surface area contributed by atoms with Gasteiger partial charge in [-0.05, 0) is 29.7 Å². The Kier molecular flexibility index (Phi) is 5.11. The zero-order valence-corrected chi connectivity index (χ0v) is 12.5. The van der Waals surface area contributed by atoms with Gasteiger partial charge in [0, 0.05) is 26.7 Å². The van der Waals surface area contributed by atoms with Crippen LogP contribution < -0.4 is 5.73 Å². The molecular weight excluding hydrogens is 283 g/mol. The number of halogens is 2. The van der Waals surface area contributed by atoms with Crippen LogP contribution in [0.4, 0.5) is 5.69 Å². The highest BCUT2D eigenvalue weighted by molar-refractivity contribution is 6.38. The van der Waals surface area contributed by atoms with Gasteiger partial charge < -0.3 is 10.5 Å². The van der Waals surface area contributed by atoms with Gasteiger partial charge in [0.2, 0.25) is 0 Å². The molecule has 2 rings (SSSR count). The predicted molar refractivity (Wildman–Crippen MR) is 80.7 cm³/mol. The molecule has 2 N–H and O–H groups in total. The summed E-state index contributed by atoms with van der Waals surface area (Å²) in [5, 5.41) is 1.05. The normalized spacial score (nSPS) is 16.5. The second-order valence-electron chi connectivity index (χ2n) is 4.75. The Hall–Kier alpha value is -0.740. The second-order valence-corrected chi connectivity index (χ2v) is 5.57. The van der Waals surface area contributed by atoms with Gasteiger partial charge in [-0.15, -0.1) is 0 Å². The summed E-state index contributed by atoms with van der Waals surface area (Å²) < 4.78 is 5.14. The Labute approximate surface area is 123 Å². The molecule has 0 saturated carbocycles. The summed E-state index contributed by atoms with van der Waals surface area (Å²) >= 11 is 12.1. The first kappa shape index (κ1) is 14.7. The van der Waals surface area contributed by atoms with Crippen molar-refractivity contribution in [1.82, 2.24) is 4.90 Å². The van der Waals surface area contributed by atoms with Gasteiger partial charge in [0.1, 0.15) is 0 Å². The molecule has 0 amide bonds. The van der Waals surface area contributed by atoms with Crippen molar-refractivity contribution in [3.8, 4) is 0 Å². The molecule has 3 nitrogen and oxygen atoms in total. The second kappa shape index (κ2) is 6.62. The zero-order chi connectivity index (χ0) is 13.8. The maximum absolute atomic E-state index is 6.04. The van der Waals surface area contributed by atoms with Crippen LogP contribution in [-0.4, -0.2) is 31.7 Å². The van der Waals surface area contributed by atoms with E-state index >= 15 is 0 Å². The Morgan fingerprint density at radius 3 is 2.53 bits per heavy atom. The lowest BCUT2D eigenvalue weighted by Crippen LogP contribution is -2.29. The van der Waals surface area contributed by atoms with Crippen LogP contribution in [0.1, 0.15) is 12.0 Å². The van der Waals surface area contributed by atoms with Gasteiger partial charge in [0.15, 0.2) is 0 Å². The fraction of sp³-hybridized carbons (Fsp3) is 0.429. The minimum atomic E-state index is 0.452. The number of methoxy groups -OCH3 is 1. The van der Waals surface area contributed by atoms with Gasteiger partial charge in [0.05, 0.1) is 22.3 Å².